The van der Waals surface area contributed by atoms with Gasteiger partial charge < -0.3 is 19.9 Å². The van der Waals surface area contributed by atoms with Crippen LogP contribution in [0.5, 0.6) is 5.75 Å². The van der Waals surface area contributed by atoms with Crippen LogP contribution in [0.25, 0.3) is 0 Å². The Balaban J connectivity index is 1.58. The number of thiophene rings is 1. The number of carbonyl (C=O) groups is 2. The van der Waals surface area contributed by atoms with Gasteiger partial charge in [0.1, 0.15) is 26.5 Å². The Hall–Kier alpha value is -3.25. The third-order valence-corrected chi connectivity index (χ3v) is 9.06. The fraction of sp³-hybridized carbons (Fsp3) is 0.308. The van der Waals surface area contributed by atoms with Crippen LogP contribution in [0.3, 0.4) is 0 Å². The van der Waals surface area contributed by atoms with Crippen molar-refractivity contribution in [3.8, 4) is 5.75 Å². The van der Waals surface area contributed by atoms with Gasteiger partial charge in [-0.25, -0.2) is 17.9 Å². The first-order valence-corrected chi connectivity index (χ1v) is 13.9. The number of carbonyl (C=O) groups excluding carboxylic acids is 2. The number of fused-ring (bicyclic) bond motifs is 1. The van der Waals surface area contributed by atoms with Crippen molar-refractivity contribution in [2.75, 3.05) is 13.7 Å². The second-order valence-electron chi connectivity index (χ2n) is 9.10. The van der Waals surface area contributed by atoms with E-state index in [0.717, 1.165) is 16.9 Å². The molecule has 2 aromatic carbocycles. The Morgan fingerprint density at radius 3 is 2.54 bits per heavy atom. The smallest absolute Gasteiger partial charge is 0.348 e. The fourth-order valence-electron chi connectivity index (χ4n) is 4.04. The van der Waals surface area contributed by atoms with Gasteiger partial charge in [-0.15, -0.1) is 11.3 Å². The molecule has 1 amide bonds. The van der Waals surface area contributed by atoms with Crippen LogP contribution < -0.4 is 14.8 Å². The highest BCUT2D eigenvalue weighted by atomic mass is 32.2. The molecule has 37 heavy (non-hydrogen) atoms. The molecule has 0 unspecified atom stereocenters. The van der Waals surface area contributed by atoms with Gasteiger partial charge in [-0.1, -0.05) is 30.3 Å². The topological polar surface area (TPSA) is 131 Å². The third-order valence-electron chi connectivity index (χ3n) is 6.07. The van der Waals surface area contributed by atoms with Crippen LogP contribution in [0, 0.1) is 0 Å². The molecule has 4 rings (SSSR count). The normalized spacial score (nSPS) is 18.4. The maximum atomic E-state index is 13.2. The average Bonchev–Trinajstić information content (AvgIpc) is 3.38. The van der Waals surface area contributed by atoms with Crippen LogP contribution in [0.4, 0.5) is 0 Å². The Kier molecular flexibility index (Phi) is 7.69. The van der Waals surface area contributed by atoms with E-state index in [4.69, 9.17) is 4.74 Å². The highest BCUT2D eigenvalue weighted by Crippen LogP contribution is 2.41. The van der Waals surface area contributed by atoms with Gasteiger partial charge in [-0.2, -0.15) is 0 Å². The molecule has 0 bridgehead atoms. The Labute approximate surface area is 219 Å². The van der Waals surface area contributed by atoms with Crippen molar-refractivity contribution < 1.29 is 32.6 Å². The van der Waals surface area contributed by atoms with Gasteiger partial charge in [-0.05, 0) is 56.2 Å². The van der Waals surface area contributed by atoms with Crippen LogP contribution in [-0.2, 0) is 21.2 Å². The predicted octanol–water partition coefficient (Wildman–Crippen LogP) is 3.06. The van der Waals surface area contributed by atoms with Crippen LogP contribution in [0.2, 0.25) is 0 Å². The van der Waals surface area contributed by atoms with Crippen LogP contribution in [-0.4, -0.2) is 50.8 Å². The summed E-state index contributed by atoms with van der Waals surface area (Å²) < 4.78 is 39.4. The zero-order valence-electron chi connectivity index (χ0n) is 20.6. The minimum atomic E-state index is -4.14. The first-order chi connectivity index (χ1) is 17.5. The fourth-order valence-corrected chi connectivity index (χ4v) is 6.50. The third kappa shape index (κ3) is 5.85. The number of methoxy groups -OCH3 is 1. The van der Waals surface area contributed by atoms with Crippen LogP contribution in [0.1, 0.15) is 51.0 Å². The molecule has 9 nitrogen and oxygen atoms in total. The highest BCUT2D eigenvalue weighted by Gasteiger charge is 2.45. The van der Waals surface area contributed by atoms with Gasteiger partial charge >= 0.3 is 5.97 Å². The van der Waals surface area contributed by atoms with Crippen LogP contribution in [0.15, 0.2) is 64.9 Å². The van der Waals surface area contributed by atoms with Crippen LogP contribution >= 0.6 is 11.3 Å². The highest BCUT2D eigenvalue weighted by molar-refractivity contribution is 7.91. The van der Waals surface area contributed by atoms with Gasteiger partial charge in [0, 0.05) is 17.7 Å². The molecule has 0 fully saturated rings. The summed E-state index contributed by atoms with van der Waals surface area (Å²) in [7, 11) is -2.93. The number of ether oxygens (including phenoxy) is 2. The standard InChI is InChI=1S/C26H28N2O7S2/c1-26(2)23(29)22(28-37(32,33)21-12-11-20(36-21)25(31)34-3)18-15-17(9-10-19(18)35-26)24(30)27-14-13-16-7-5-4-6-8-16/h4-12,15,22-23,28-29H,13-14H2,1-3H3,(H,27,30)/t22-,23+/m1/s1. The number of benzene rings is 2. The molecular weight excluding hydrogens is 516 g/mol. The number of aliphatic hydroxyl groups excluding tert-OH is 1. The molecule has 2 atom stereocenters. The van der Waals surface area contributed by atoms with E-state index >= 15 is 0 Å². The maximum absolute atomic E-state index is 13.2. The number of hydrogen-bond donors (Lipinski definition) is 3. The zero-order valence-corrected chi connectivity index (χ0v) is 22.2. The summed E-state index contributed by atoms with van der Waals surface area (Å²) in [5, 5.41) is 13.9. The van der Waals surface area contributed by atoms with Crippen molar-refractivity contribution in [1.29, 1.82) is 0 Å². The maximum Gasteiger partial charge on any atom is 0.348 e. The Morgan fingerprint density at radius 2 is 1.84 bits per heavy atom. The first kappa shape index (κ1) is 26.8. The van der Waals surface area contributed by atoms with Gasteiger partial charge in [0.2, 0.25) is 0 Å². The van der Waals surface area contributed by atoms with Crippen molar-refractivity contribution in [3.05, 3.63) is 82.2 Å². The molecule has 3 N–H and O–H groups in total. The van der Waals surface area contributed by atoms with Crippen molar-refractivity contribution in [1.82, 2.24) is 10.0 Å². The number of nitrogens with one attached hydrogen (secondary N) is 2. The lowest BCUT2D eigenvalue weighted by Gasteiger charge is -2.42. The predicted molar refractivity (Wildman–Crippen MR) is 138 cm³/mol. The summed E-state index contributed by atoms with van der Waals surface area (Å²) in [5.74, 6) is -0.627. The monoisotopic (exact) mass is 544 g/mol. The number of amides is 1. The second kappa shape index (κ2) is 10.6. The van der Waals surface area contributed by atoms with E-state index in [9.17, 15) is 23.1 Å². The van der Waals surface area contributed by atoms with Gasteiger partial charge in [0.15, 0.2) is 0 Å². The molecule has 0 saturated heterocycles. The molecule has 0 aliphatic carbocycles. The van der Waals surface area contributed by atoms with Gasteiger partial charge in [-0.3, -0.25) is 4.79 Å². The summed E-state index contributed by atoms with van der Waals surface area (Å²) in [5.41, 5.74) is 0.601. The first-order valence-electron chi connectivity index (χ1n) is 11.6. The molecule has 11 heteroatoms. The second-order valence-corrected chi connectivity index (χ2v) is 12.1. The Bertz CT molecular complexity index is 1400. The number of sulfonamides is 1. The summed E-state index contributed by atoms with van der Waals surface area (Å²) in [4.78, 5) is 24.8. The molecule has 0 saturated carbocycles. The zero-order chi connectivity index (χ0) is 26.8. The van der Waals surface area contributed by atoms with E-state index in [1.54, 1.807) is 26.0 Å². The SMILES string of the molecule is COC(=O)c1ccc(S(=O)(=O)N[C@@H]2c3cc(C(=O)NCCc4ccccc4)ccc3OC(C)(C)[C@H]2O)s1. The van der Waals surface area contributed by atoms with E-state index in [1.165, 1.54) is 25.3 Å². The van der Waals surface area contributed by atoms with Crippen molar-refractivity contribution in [2.45, 2.75) is 42.2 Å². The van der Waals surface area contributed by atoms with Crippen molar-refractivity contribution in [3.63, 3.8) is 0 Å². The molecule has 2 heterocycles. The molecule has 0 radical (unpaired) electrons. The largest absolute Gasteiger partial charge is 0.485 e. The summed E-state index contributed by atoms with van der Waals surface area (Å²) in [6.07, 6.45) is -0.615. The average molecular weight is 545 g/mol. The minimum Gasteiger partial charge on any atom is -0.485 e. The lowest BCUT2D eigenvalue weighted by Crippen LogP contribution is -2.53. The number of hydrogen-bond acceptors (Lipinski definition) is 8. The molecule has 1 aliphatic heterocycles. The van der Waals surface area contributed by atoms with E-state index in [-0.39, 0.29) is 15.0 Å². The molecular formula is C26H28N2O7S2. The lowest BCUT2D eigenvalue weighted by molar-refractivity contribution is -0.0603. The number of aliphatic hydroxyl groups is 1. The van der Waals surface area contributed by atoms with Crippen molar-refractivity contribution in [2.24, 2.45) is 0 Å². The van der Waals surface area contributed by atoms with E-state index in [1.807, 2.05) is 30.3 Å². The molecule has 1 aromatic heterocycles. The summed E-state index contributed by atoms with van der Waals surface area (Å²) in [6, 6.07) is 16.0. The van der Waals surface area contributed by atoms with E-state index < -0.39 is 33.7 Å². The number of rotatable bonds is 8. The molecule has 196 valence electrons. The molecule has 0 spiro atoms. The summed E-state index contributed by atoms with van der Waals surface area (Å²) >= 11 is 0.757. The van der Waals surface area contributed by atoms with Crippen molar-refractivity contribution >= 4 is 33.2 Å². The van der Waals surface area contributed by atoms with Gasteiger partial charge in [0.05, 0.1) is 13.2 Å². The quantitative estimate of drug-likeness (QED) is 0.372. The molecule has 1 aliphatic rings. The van der Waals surface area contributed by atoms with E-state index in [2.05, 4.69) is 14.8 Å². The van der Waals surface area contributed by atoms with E-state index in [0.29, 0.717) is 29.8 Å². The lowest BCUT2D eigenvalue weighted by atomic mass is 9.86. The van der Waals surface area contributed by atoms with Gasteiger partial charge in [0.25, 0.3) is 15.9 Å². The number of esters is 1. The molecule has 3 aromatic rings. The Morgan fingerprint density at radius 1 is 1.11 bits per heavy atom. The minimum absolute atomic E-state index is 0.110. The summed E-state index contributed by atoms with van der Waals surface area (Å²) in [6.45, 7) is 3.71.